The van der Waals surface area contributed by atoms with Crippen LogP contribution >= 0.6 is 0 Å². The van der Waals surface area contributed by atoms with Gasteiger partial charge >= 0.3 is 6.18 Å². The van der Waals surface area contributed by atoms with Crippen molar-refractivity contribution >= 4 is 5.91 Å². The smallest absolute Gasteiger partial charge is 0.342 e. The average molecular weight is 337 g/mol. The van der Waals surface area contributed by atoms with E-state index in [1.165, 1.54) is 10.7 Å². The molecule has 0 atom stereocenters. The highest BCUT2D eigenvalue weighted by Gasteiger charge is 2.31. The minimum atomic E-state index is -4.40. The second-order valence-corrected chi connectivity index (χ2v) is 6.02. The van der Waals surface area contributed by atoms with Gasteiger partial charge in [0.1, 0.15) is 0 Å². The maximum Gasteiger partial charge on any atom is 0.416 e. The molecule has 7 heteroatoms. The molecule has 0 N–H and O–H groups in total. The van der Waals surface area contributed by atoms with Gasteiger partial charge in [0.15, 0.2) is 0 Å². The molecular formula is C17H18F3N3O. The molecule has 0 spiro atoms. The van der Waals surface area contributed by atoms with Crippen LogP contribution in [0.2, 0.25) is 0 Å². The van der Waals surface area contributed by atoms with Crippen LogP contribution in [0.4, 0.5) is 13.2 Å². The molecule has 0 saturated carbocycles. The van der Waals surface area contributed by atoms with Crippen molar-refractivity contribution in [2.75, 3.05) is 13.1 Å². The fraction of sp³-hybridized carbons (Fsp3) is 0.412. The fourth-order valence-corrected chi connectivity index (χ4v) is 2.82. The van der Waals surface area contributed by atoms with Crippen LogP contribution in [0.3, 0.4) is 0 Å². The van der Waals surface area contributed by atoms with Crippen molar-refractivity contribution in [3.8, 4) is 5.69 Å². The Morgan fingerprint density at radius 3 is 2.54 bits per heavy atom. The summed E-state index contributed by atoms with van der Waals surface area (Å²) in [5.41, 5.74) is 1.77. The molecule has 24 heavy (non-hydrogen) atoms. The van der Waals surface area contributed by atoms with E-state index in [4.69, 9.17) is 0 Å². The van der Waals surface area contributed by atoms with Crippen molar-refractivity contribution in [3.05, 3.63) is 46.8 Å². The maximum absolute atomic E-state index is 12.9. The SMILES string of the molecule is Cc1nn(-c2cccc(C(F)(F)F)c2)c(C)c1CC(=O)N1CCC1. The summed E-state index contributed by atoms with van der Waals surface area (Å²) in [5, 5.41) is 4.34. The summed E-state index contributed by atoms with van der Waals surface area (Å²) in [6.45, 7) is 5.10. The highest BCUT2D eigenvalue weighted by atomic mass is 19.4. The van der Waals surface area contributed by atoms with Crippen molar-refractivity contribution in [1.82, 2.24) is 14.7 Å². The molecule has 1 saturated heterocycles. The van der Waals surface area contributed by atoms with E-state index in [0.717, 1.165) is 37.2 Å². The Kier molecular flexibility index (Phi) is 4.11. The van der Waals surface area contributed by atoms with Gasteiger partial charge in [-0.25, -0.2) is 4.68 Å². The number of nitrogens with zero attached hydrogens (tertiary/aromatic N) is 3. The third kappa shape index (κ3) is 3.02. The number of rotatable bonds is 3. The first-order valence-corrected chi connectivity index (χ1v) is 7.78. The Morgan fingerprint density at radius 2 is 1.96 bits per heavy atom. The summed E-state index contributed by atoms with van der Waals surface area (Å²) in [6, 6.07) is 5.04. The molecule has 2 aromatic rings. The van der Waals surface area contributed by atoms with Gasteiger partial charge in [0.2, 0.25) is 5.91 Å². The number of aryl methyl sites for hydroxylation is 1. The third-order valence-electron chi connectivity index (χ3n) is 4.40. The van der Waals surface area contributed by atoms with Gasteiger partial charge < -0.3 is 4.90 Å². The lowest BCUT2D eigenvalue weighted by atomic mass is 10.1. The van der Waals surface area contributed by atoms with Crippen molar-refractivity contribution in [3.63, 3.8) is 0 Å². The van der Waals surface area contributed by atoms with Crippen LogP contribution in [0.15, 0.2) is 24.3 Å². The number of aromatic nitrogens is 2. The zero-order valence-electron chi connectivity index (χ0n) is 13.5. The number of hydrogen-bond acceptors (Lipinski definition) is 2. The summed E-state index contributed by atoms with van der Waals surface area (Å²) in [5.74, 6) is 0.0380. The van der Waals surface area contributed by atoms with Crippen molar-refractivity contribution in [2.24, 2.45) is 0 Å². The largest absolute Gasteiger partial charge is 0.416 e. The van der Waals surface area contributed by atoms with E-state index < -0.39 is 11.7 Å². The molecule has 1 aliphatic rings. The summed E-state index contributed by atoms with van der Waals surface area (Å²) in [7, 11) is 0. The second-order valence-electron chi connectivity index (χ2n) is 6.02. The summed E-state index contributed by atoms with van der Waals surface area (Å²) in [6.07, 6.45) is -3.15. The number of amides is 1. The summed E-state index contributed by atoms with van der Waals surface area (Å²) >= 11 is 0. The molecule has 4 nitrogen and oxygen atoms in total. The number of carbonyl (C=O) groups excluding carboxylic acids is 1. The highest BCUT2D eigenvalue weighted by Crippen LogP contribution is 2.31. The Hall–Kier alpha value is -2.31. The lowest BCUT2D eigenvalue weighted by Crippen LogP contribution is -2.42. The van der Waals surface area contributed by atoms with Crippen LogP contribution in [0.5, 0.6) is 0 Å². The Balaban J connectivity index is 1.92. The van der Waals surface area contributed by atoms with Crippen LogP contribution in [-0.4, -0.2) is 33.7 Å². The Bertz CT molecular complexity index is 776. The first-order chi connectivity index (χ1) is 11.3. The minimum Gasteiger partial charge on any atom is -0.342 e. The van der Waals surface area contributed by atoms with E-state index in [1.54, 1.807) is 24.8 Å². The fourth-order valence-electron chi connectivity index (χ4n) is 2.82. The molecule has 1 fully saturated rings. The molecular weight excluding hydrogens is 319 g/mol. The zero-order chi connectivity index (χ0) is 17.5. The van der Waals surface area contributed by atoms with Crippen molar-refractivity contribution in [2.45, 2.75) is 32.9 Å². The second kappa shape index (κ2) is 5.96. The van der Waals surface area contributed by atoms with E-state index >= 15 is 0 Å². The van der Waals surface area contributed by atoms with Crippen molar-refractivity contribution in [1.29, 1.82) is 0 Å². The molecule has 128 valence electrons. The topological polar surface area (TPSA) is 38.1 Å². The van der Waals surface area contributed by atoms with Gasteiger partial charge in [-0.1, -0.05) is 6.07 Å². The van der Waals surface area contributed by atoms with Crippen LogP contribution < -0.4 is 0 Å². The van der Waals surface area contributed by atoms with Crippen LogP contribution in [-0.2, 0) is 17.4 Å². The van der Waals surface area contributed by atoms with Crippen LogP contribution in [0.1, 0.15) is 28.9 Å². The monoisotopic (exact) mass is 337 g/mol. The van der Waals surface area contributed by atoms with E-state index in [9.17, 15) is 18.0 Å². The molecule has 3 rings (SSSR count). The Morgan fingerprint density at radius 1 is 1.25 bits per heavy atom. The molecule has 0 bridgehead atoms. The zero-order valence-corrected chi connectivity index (χ0v) is 13.5. The lowest BCUT2D eigenvalue weighted by molar-refractivity contribution is -0.137. The minimum absolute atomic E-state index is 0.0380. The first-order valence-electron chi connectivity index (χ1n) is 7.78. The van der Waals surface area contributed by atoms with Gasteiger partial charge in [-0.3, -0.25) is 4.79 Å². The standard InChI is InChI=1S/C17H18F3N3O/c1-11-15(10-16(24)22-7-4-8-22)12(2)23(21-11)14-6-3-5-13(9-14)17(18,19)20/h3,5-6,9H,4,7-8,10H2,1-2H3. The molecule has 1 aromatic heterocycles. The van der Waals surface area contributed by atoms with Crippen molar-refractivity contribution < 1.29 is 18.0 Å². The molecule has 0 unspecified atom stereocenters. The third-order valence-corrected chi connectivity index (χ3v) is 4.40. The van der Waals surface area contributed by atoms with E-state index in [-0.39, 0.29) is 12.3 Å². The van der Waals surface area contributed by atoms with Crippen LogP contribution in [0.25, 0.3) is 5.69 Å². The summed E-state index contributed by atoms with van der Waals surface area (Å²) < 4.78 is 40.2. The predicted octanol–water partition coefficient (Wildman–Crippen LogP) is 3.28. The van der Waals surface area contributed by atoms with E-state index in [0.29, 0.717) is 17.1 Å². The number of benzene rings is 1. The van der Waals surface area contributed by atoms with Gasteiger partial charge in [0.25, 0.3) is 0 Å². The van der Waals surface area contributed by atoms with E-state index in [2.05, 4.69) is 5.10 Å². The van der Waals surface area contributed by atoms with Gasteiger partial charge in [-0.05, 0) is 38.5 Å². The molecule has 0 aliphatic carbocycles. The predicted molar refractivity (Wildman–Crippen MR) is 82.9 cm³/mol. The lowest BCUT2D eigenvalue weighted by Gasteiger charge is -2.31. The van der Waals surface area contributed by atoms with Gasteiger partial charge in [-0.15, -0.1) is 0 Å². The van der Waals surface area contributed by atoms with Gasteiger partial charge in [0.05, 0.1) is 23.4 Å². The molecule has 1 amide bonds. The average Bonchev–Trinajstić information content (AvgIpc) is 2.73. The number of hydrogen-bond donors (Lipinski definition) is 0. The quantitative estimate of drug-likeness (QED) is 0.862. The molecule has 1 aromatic carbocycles. The Labute approximate surface area is 137 Å². The van der Waals surface area contributed by atoms with E-state index in [1.807, 2.05) is 0 Å². The molecule has 1 aliphatic heterocycles. The number of carbonyl (C=O) groups is 1. The normalized spacial score (nSPS) is 14.6. The number of alkyl halides is 3. The van der Waals surface area contributed by atoms with Gasteiger partial charge in [0, 0.05) is 24.3 Å². The first kappa shape index (κ1) is 16.5. The number of likely N-dealkylation sites (tertiary alicyclic amines) is 1. The van der Waals surface area contributed by atoms with Gasteiger partial charge in [-0.2, -0.15) is 18.3 Å². The molecule has 2 heterocycles. The summed E-state index contributed by atoms with van der Waals surface area (Å²) in [4.78, 5) is 13.9. The van der Waals surface area contributed by atoms with Crippen LogP contribution in [0, 0.1) is 13.8 Å². The maximum atomic E-state index is 12.9. The molecule has 0 radical (unpaired) electrons. The number of halogens is 3. The highest BCUT2D eigenvalue weighted by molar-refractivity contribution is 5.80.